The molecule has 6 heteroatoms. The zero-order chi connectivity index (χ0) is 12.0. The van der Waals surface area contributed by atoms with E-state index in [1.54, 1.807) is 30.4 Å². The second-order valence-electron chi connectivity index (χ2n) is 3.47. The maximum atomic E-state index is 11.5. The lowest BCUT2D eigenvalue weighted by Gasteiger charge is -2.34. The van der Waals surface area contributed by atoms with Crippen molar-refractivity contribution < 1.29 is 14.3 Å². The van der Waals surface area contributed by atoms with Crippen molar-refractivity contribution in [3.8, 4) is 0 Å². The standard InChI is InChI=1S/C10H15ClO3S2/c1-2-14-9(13)7-10(6-8(11)12)15-4-3-5-16-10/h2-7H2,1H3. The summed E-state index contributed by atoms with van der Waals surface area (Å²) in [5.41, 5.74) is 0. The van der Waals surface area contributed by atoms with Gasteiger partial charge in [0.2, 0.25) is 5.24 Å². The predicted molar refractivity (Wildman–Crippen MR) is 69.0 cm³/mol. The molecule has 0 aromatic heterocycles. The van der Waals surface area contributed by atoms with Crippen LogP contribution in [0.25, 0.3) is 0 Å². The smallest absolute Gasteiger partial charge is 0.308 e. The highest BCUT2D eigenvalue weighted by atomic mass is 35.5. The fraction of sp³-hybridized carbons (Fsp3) is 0.800. The second-order valence-corrected chi connectivity index (χ2v) is 7.11. The summed E-state index contributed by atoms with van der Waals surface area (Å²) in [6, 6.07) is 0. The molecule has 16 heavy (non-hydrogen) atoms. The van der Waals surface area contributed by atoms with Crippen LogP contribution in [0.3, 0.4) is 0 Å². The SMILES string of the molecule is CCOC(=O)CC1(CC(=O)Cl)SCCCS1. The van der Waals surface area contributed by atoms with Gasteiger partial charge in [-0.2, -0.15) is 0 Å². The lowest BCUT2D eigenvalue weighted by molar-refractivity contribution is -0.143. The Bertz CT molecular complexity index is 265. The largest absolute Gasteiger partial charge is 0.466 e. The minimum absolute atomic E-state index is 0.225. The van der Waals surface area contributed by atoms with E-state index in [1.165, 1.54) is 0 Å². The van der Waals surface area contributed by atoms with Crippen molar-refractivity contribution in [2.24, 2.45) is 0 Å². The van der Waals surface area contributed by atoms with Crippen molar-refractivity contribution in [1.82, 2.24) is 0 Å². The van der Waals surface area contributed by atoms with Gasteiger partial charge in [-0.25, -0.2) is 0 Å². The molecule has 0 bridgehead atoms. The van der Waals surface area contributed by atoms with Crippen LogP contribution in [0.2, 0.25) is 0 Å². The number of esters is 1. The predicted octanol–water partition coefficient (Wildman–Crippen LogP) is 2.66. The van der Waals surface area contributed by atoms with Crippen molar-refractivity contribution in [2.75, 3.05) is 18.1 Å². The summed E-state index contributed by atoms with van der Waals surface area (Å²) in [5.74, 6) is 1.69. The topological polar surface area (TPSA) is 43.4 Å². The Balaban J connectivity index is 2.62. The van der Waals surface area contributed by atoms with Crippen LogP contribution in [0, 0.1) is 0 Å². The number of carbonyl (C=O) groups is 2. The molecule has 1 rings (SSSR count). The third-order valence-electron chi connectivity index (χ3n) is 2.15. The van der Waals surface area contributed by atoms with Gasteiger partial charge in [0.15, 0.2) is 0 Å². The van der Waals surface area contributed by atoms with E-state index < -0.39 is 4.08 Å². The highest BCUT2D eigenvalue weighted by Crippen LogP contribution is 2.47. The molecule has 3 nitrogen and oxygen atoms in total. The van der Waals surface area contributed by atoms with Crippen LogP contribution in [-0.2, 0) is 14.3 Å². The van der Waals surface area contributed by atoms with E-state index in [1.807, 2.05) is 0 Å². The number of carbonyl (C=O) groups excluding carboxylic acids is 2. The van der Waals surface area contributed by atoms with E-state index in [-0.39, 0.29) is 24.1 Å². The van der Waals surface area contributed by atoms with Crippen molar-refractivity contribution in [3.05, 3.63) is 0 Å². The molecule has 0 radical (unpaired) electrons. The molecule has 0 N–H and O–H groups in total. The quantitative estimate of drug-likeness (QED) is 0.573. The molecule has 0 amide bonds. The van der Waals surface area contributed by atoms with Gasteiger partial charge in [0.1, 0.15) is 0 Å². The molecule has 1 fully saturated rings. The Labute approximate surface area is 109 Å². The zero-order valence-corrected chi connectivity index (χ0v) is 11.6. The van der Waals surface area contributed by atoms with Crippen molar-refractivity contribution in [3.63, 3.8) is 0 Å². The number of hydrogen-bond acceptors (Lipinski definition) is 5. The summed E-state index contributed by atoms with van der Waals surface area (Å²) in [7, 11) is 0. The third-order valence-corrected chi connectivity index (χ3v) is 5.60. The molecule has 1 saturated heterocycles. The monoisotopic (exact) mass is 282 g/mol. The molecule has 1 aliphatic rings. The molecule has 1 aliphatic heterocycles. The summed E-state index contributed by atoms with van der Waals surface area (Å²) in [6.45, 7) is 2.15. The van der Waals surface area contributed by atoms with Crippen molar-refractivity contribution in [1.29, 1.82) is 0 Å². The van der Waals surface area contributed by atoms with Gasteiger partial charge in [-0.1, -0.05) is 0 Å². The van der Waals surface area contributed by atoms with Gasteiger partial charge in [0, 0.05) is 6.42 Å². The number of hydrogen-bond donors (Lipinski definition) is 0. The van der Waals surface area contributed by atoms with E-state index in [9.17, 15) is 9.59 Å². The summed E-state index contributed by atoms with van der Waals surface area (Å²) >= 11 is 8.74. The summed E-state index contributed by atoms with van der Waals surface area (Å²) in [5, 5.41) is -0.383. The number of rotatable bonds is 5. The maximum absolute atomic E-state index is 11.5. The highest BCUT2D eigenvalue weighted by molar-refractivity contribution is 8.18. The average molecular weight is 283 g/mol. The van der Waals surface area contributed by atoms with Gasteiger partial charge in [0.25, 0.3) is 0 Å². The van der Waals surface area contributed by atoms with Gasteiger partial charge < -0.3 is 4.74 Å². The first-order chi connectivity index (χ1) is 7.58. The van der Waals surface area contributed by atoms with Crippen molar-refractivity contribution in [2.45, 2.75) is 30.3 Å². The normalized spacial score (nSPS) is 19.1. The minimum atomic E-state index is -0.399. The molecule has 0 aromatic rings. The Morgan fingerprint density at radius 1 is 1.31 bits per heavy atom. The molecule has 0 atom stereocenters. The summed E-state index contributed by atoms with van der Waals surface area (Å²) in [6.07, 6.45) is 1.59. The summed E-state index contributed by atoms with van der Waals surface area (Å²) in [4.78, 5) is 22.5. The minimum Gasteiger partial charge on any atom is -0.466 e. The molecule has 0 aliphatic carbocycles. The summed E-state index contributed by atoms with van der Waals surface area (Å²) < 4.78 is 4.53. The fourth-order valence-electron chi connectivity index (χ4n) is 1.53. The van der Waals surface area contributed by atoms with E-state index in [0.29, 0.717) is 6.61 Å². The molecular weight excluding hydrogens is 268 g/mol. The Hall–Kier alpha value is 0.130. The number of thioether (sulfide) groups is 2. The van der Waals surface area contributed by atoms with E-state index >= 15 is 0 Å². The number of ether oxygens (including phenoxy) is 1. The highest BCUT2D eigenvalue weighted by Gasteiger charge is 2.38. The van der Waals surface area contributed by atoms with E-state index in [0.717, 1.165) is 17.9 Å². The van der Waals surface area contributed by atoms with Crippen LogP contribution in [0.1, 0.15) is 26.2 Å². The van der Waals surface area contributed by atoms with Crippen molar-refractivity contribution >= 4 is 46.3 Å². The molecule has 0 saturated carbocycles. The molecule has 0 aromatic carbocycles. The Morgan fingerprint density at radius 3 is 2.44 bits per heavy atom. The third kappa shape index (κ3) is 4.55. The second kappa shape index (κ2) is 6.77. The van der Waals surface area contributed by atoms with Crippen LogP contribution in [0.15, 0.2) is 0 Å². The molecule has 0 unspecified atom stereocenters. The first-order valence-electron chi connectivity index (χ1n) is 5.20. The lowest BCUT2D eigenvalue weighted by Crippen LogP contribution is -2.31. The van der Waals surface area contributed by atoms with Gasteiger partial charge >= 0.3 is 5.97 Å². The van der Waals surface area contributed by atoms with E-state index in [4.69, 9.17) is 16.3 Å². The fourth-order valence-corrected chi connectivity index (χ4v) is 5.16. The van der Waals surface area contributed by atoms with Gasteiger partial charge in [-0.05, 0) is 36.5 Å². The molecule has 92 valence electrons. The Morgan fingerprint density at radius 2 is 1.94 bits per heavy atom. The molecular formula is C10H15ClO3S2. The number of halogens is 1. The van der Waals surface area contributed by atoms with Crippen LogP contribution < -0.4 is 0 Å². The van der Waals surface area contributed by atoms with Gasteiger partial charge in [0.05, 0.1) is 17.1 Å². The first kappa shape index (κ1) is 14.2. The van der Waals surface area contributed by atoms with E-state index in [2.05, 4.69) is 0 Å². The van der Waals surface area contributed by atoms with Crippen LogP contribution in [-0.4, -0.2) is 33.4 Å². The van der Waals surface area contributed by atoms with Crippen LogP contribution >= 0.6 is 35.1 Å². The molecule has 1 heterocycles. The Kier molecular flexibility index (Phi) is 6.00. The zero-order valence-electron chi connectivity index (χ0n) is 9.16. The van der Waals surface area contributed by atoms with Crippen LogP contribution in [0.4, 0.5) is 0 Å². The van der Waals surface area contributed by atoms with Gasteiger partial charge in [-0.15, -0.1) is 23.5 Å². The van der Waals surface area contributed by atoms with Gasteiger partial charge in [-0.3, -0.25) is 9.59 Å². The maximum Gasteiger partial charge on any atom is 0.308 e. The molecule has 0 spiro atoms. The average Bonchev–Trinajstić information content (AvgIpc) is 2.17. The lowest BCUT2D eigenvalue weighted by atomic mass is 10.2. The van der Waals surface area contributed by atoms with Crippen LogP contribution in [0.5, 0.6) is 0 Å². The first-order valence-corrected chi connectivity index (χ1v) is 7.55.